The fourth-order valence-corrected chi connectivity index (χ4v) is 1.42. The molecule has 0 aliphatic rings. The zero-order valence-electron chi connectivity index (χ0n) is 15.4. The number of rotatable bonds is 6. The summed E-state index contributed by atoms with van der Waals surface area (Å²) in [5, 5.41) is 0. The second-order valence-electron chi connectivity index (χ2n) is 4.31. The Labute approximate surface area is 147 Å². The molecule has 0 rings (SSSR count). The van der Waals surface area contributed by atoms with Gasteiger partial charge >= 0.3 is 10.4 Å². The van der Waals surface area contributed by atoms with Gasteiger partial charge in [-0.15, -0.1) is 0 Å². The molecule has 0 atom stereocenters. The number of nitrogens with zero attached hydrogens (tertiary/aromatic N) is 1. The summed E-state index contributed by atoms with van der Waals surface area (Å²) in [4.78, 5) is 4.06. The van der Waals surface area contributed by atoms with E-state index < -0.39 is 20.8 Å². The van der Waals surface area contributed by atoms with Gasteiger partial charge in [0.05, 0.1) is 19.6 Å². The average molecular weight is 399 g/mol. The van der Waals surface area contributed by atoms with Crippen molar-refractivity contribution in [3.8, 4) is 0 Å². The lowest BCUT2D eigenvalue weighted by Crippen LogP contribution is -3.11. The number of hydrogen-bond acceptors (Lipinski definition) is 6. The lowest BCUT2D eigenvalue weighted by Gasteiger charge is -2.13. The third kappa shape index (κ3) is 68.0. The molecule has 0 unspecified atom stereocenters. The van der Waals surface area contributed by atoms with Crippen LogP contribution >= 0.6 is 0 Å². The molecule has 0 heterocycles. The quantitative estimate of drug-likeness (QED) is 0.346. The summed E-state index contributed by atoms with van der Waals surface area (Å²) in [6, 6.07) is 0. The predicted octanol–water partition coefficient (Wildman–Crippen LogP) is -0.369. The van der Waals surface area contributed by atoms with Crippen molar-refractivity contribution in [3.05, 3.63) is 0 Å². The zero-order chi connectivity index (χ0) is 20.4. The standard InChI is InChI=1S/2C6H15N.2H2O4S/c2*1-4-7(5-2)6-3;2*1-5(2,3)4/h2*4-6H2,1-3H3;2*(H2,1,2,3,4). The van der Waals surface area contributed by atoms with Crippen molar-refractivity contribution in [1.82, 2.24) is 4.90 Å². The maximum absolute atomic E-state index is 8.74. The first kappa shape index (κ1) is 31.4. The number of quaternary nitrogens is 1. The Hall–Kier alpha value is -0.340. The second kappa shape index (κ2) is 19.0. The van der Waals surface area contributed by atoms with Crippen LogP contribution < -0.4 is 4.90 Å². The normalized spacial score (nSPS) is 10.8. The molecule has 12 heteroatoms. The van der Waals surface area contributed by atoms with Crippen LogP contribution in [0.5, 0.6) is 0 Å². The monoisotopic (exact) mass is 398 g/mol. The summed E-state index contributed by atoms with van der Waals surface area (Å²) in [5.74, 6) is 0. The molecule has 10 nitrogen and oxygen atoms in total. The van der Waals surface area contributed by atoms with Gasteiger partial charge < -0.3 is 14.4 Å². The molecule has 152 valence electrons. The molecule has 0 fully saturated rings. The lowest BCUT2D eigenvalue weighted by atomic mass is 10.5. The largest absolute Gasteiger partial charge is 0.726 e. The third-order valence-corrected chi connectivity index (χ3v) is 2.84. The van der Waals surface area contributed by atoms with Crippen LogP contribution in [0.25, 0.3) is 0 Å². The molecule has 0 aromatic heterocycles. The Morgan fingerprint density at radius 1 is 0.750 bits per heavy atom. The highest BCUT2D eigenvalue weighted by atomic mass is 32.3. The van der Waals surface area contributed by atoms with Crippen LogP contribution in [0.2, 0.25) is 0 Å². The predicted molar refractivity (Wildman–Crippen MR) is 92.6 cm³/mol. The van der Waals surface area contributed by atoms with E-state index in [1.54, 1.807) is 4.90 Å². The maximum Gasteiger partial charge on any atom is 0.394 e. The van der Waals surface area contributed by atoms with E-state index in [1.807, 2.05) is 0 Å². The van der Waals surface area contributed by atoms with Crippen LogP contribution in [0.1, 0.15) is 41.5 Å². The Bertz CT molecular complexity index is 363. The van der Waals surface area contributed by atoms with Gasteiger partial charge in [-0.25, -0.2) is 8.42 Å². The average Bonchev–Trinajstić information content (AvgIpc) is 2.40. The Morgan fingerprint density at radius 2 is 0.917 bits per heavy atom. The molecule has 0 saturated carbocycles. The summed E-state index contributed by atoms with van der Waals surface area (Å²) in [6.45, 7) is 20.6. The molecule has 0 amide bonds. The van der Waals surface area contributed by atoms with Gasteiger partial charge in [0.1, 0.15) is 0 Å². The number of hydrogen-bond donors (Lipinski definition) is 4. The van der Waals surface area contributed by atoms with E-state index in [0.717, 1.165) is 0 Å². The molecule has 0 radical (unpaired) electrons. The molecule has 0 bridgehead atoms. The van der Waals surface area contributed by atoms with Crippen molar-refractivity contribution in [2.45, 2.75) is 41.5 Å². The van der Waals surface area contributed by atoms with Crippen molar-refractivity contribution in [2.75, 3.05) is 39.3 Å². The summed E-state index contributed by atoms with van der Waals surface area (Å²) in [5.41, 5.74) is 0. The maximum atomic E-state index is 8.74. The van der Waals surface area contributed by atoms with E-state index in [2.05, 4.69) is 46.4 Å². The van der Waals surface area contributed by atoms with E-state index in [4.69, 9.17) is 35.0 Å². The zero-order valence-corrected chi connectivity index (χ0v) is 17.0. The Kier molecular flexibility index (Phi) is 24.9. The van der Waals surface area contributed by atoms with Crippen molar-refractivity contribution >= 4 is 20.8 Å². The molecule has 0 spiro atoms. The molecular weight excluding hydrogens is 364 g/mol. The summed E-state index contributed by atoms with van der Waals surface area (Å²) in [6.07, 6.45) is 0. The smallest absolute Gasteiger partial charge is 0.394 e. The highest BCUT2D eigenvalue weighted by molar-refractivity contribution is 7.80. The minimum atomic E-state index is -4.92. The van der Waals surface area contributed by atoms with Gasteiger partial charge in [0.15, 0.2) is 0 Å². The summed E-state index contributed by atoms with van der Waals surface area (Å²) >= 11 is 0. The van der Waals surface area contributed by atoms with Crippen LogP contribution in [0.3, 0.4) is 0 Å². The lowest BCUT2D eigenvalue weighted by molar-refractivity contribution is -0.894. The van der Waals surface area contributed by atoms with Crippen LogP contribution in [-0.4, -0.2) is 79.2 Å². The second-order valence-corrected chi connectivity index (χ2v) is 6.06. The topological polar surface area (TPSA) is 160 Å². The minimum absolute atomic E-state index is 1.19. The first-order valence-electron chi connectivity index (χ1n) is 7.63. The fourth-order valence-electron chi connectivity index (χ4n) is 1.42. The van der Waals surface area contributed by atoms with E-state index in [-0.39, 0.29) is 0 Å². The molecule has 0 aliphatic carbocycles. The van der Waals surface area contributed by atoms with Crippen molar-refractivity contribution in [2.24, 2.45) is 0 Å². The SMILES string of the molecule is CCN(CC)CC.CC[NH+](CC)CC.O=S(=O)(O)O.O=S(=O)([O-])O. The van der Waals surface area contributed by atoms with Gasteiger partial charge in [-0.1, -0.05) is 20.8 Å². The van der Waals surface area contributed by atoms with Crippen molar-refractivity contribution in [3.63, 3.8) is 0 Å². The molecule has 0 saturated heterocycles. The van der Waals surface area contributed by atoms with Crippen LogP contribution in [0.15, 0.2) is 0 Å². The van der Waals surface area contributed by atoms with Gasteiger partial charge in [-0.2, -0.15) is 8.42 Å². The van der Waals surface area contributed by atoms with Gasteiger partial charge in [0.2, 0.25) is 10.4 Å². The molecule has 4 N–H and O–H groups in total. The van der Waals surface area contributed by atoms with Gasteiger partial charge in [-0.05, 0) is 40.4 Å². The van der Waals surface area contributed by atoms with Crippen LogP contribution in [-0.2, 0) is 20.8 Å². The first-order chi connectivity index (χ1) is 10.7. The van der Waals surface area contributed by atoms with Crippen molar-refractivity contribution < 1.29 is 39.9 Å². The highest BCUT2D eigenvalue weighted by Gasteiger charge is 1.93. The molecule has 24 heavy (non-hydrogen) atoms. The Balaban J connectivity index is -0.000000113. The third-order valence-electron chi connectivity index (χ3n) is 2.84. The molecular formula is C12H34N2O8S2. The molecule has 0 aliphatic heterocycles. The summed E-state index contributed by atoms with van der Waals surface area (Å²) in [7, 11) is -9.58. The van der Waals surface area contributed by atoms with Gasteiger partial charge in [-0.3, -0.25) is 13.7 Å². The van der Waals surface area contributed by atoms with Gasteiger partial charge in [0, 0.05) is 0 Å². The van der Waals surface area contributed by atoms with Gasteiger partial charge in [0.25, 0.3) is 0 Å². The van der Waals surface area contributed by atoms with E-state index >= 15 is 0 Å². The molecule has 0 aromatic rings. The van der Waals surface area contributed by atoms with Crippen molar-refractivity contribution in [1.29, 1.82) is 0 Å². The van der Waals surface area contributed by atoms with E-state index in [0.29, 0.717) is 0 Å². The molecule has 0 aromatic carbocycles. The van der Waals surface area contributed by atoms with E-state index in [1.165, 1.54) is 39.3 Å². The number of nitrogens with one attached hydrogen (secondary N) is 1. The van der Waals surface area contributed by atoms with Crippen LogP contribution in [0, 0.1) is 0 Å². The summed E-state index contributed by atoms with van der Waals surface area (Å²) < 4.78 is 64.4. The first-order valence-corrected chi connectivity index (χ1v) is 10.4. The highest BCUT2D eigenvalue weighted by Crippen LogP contribution is 1.81. The fraction of sp³-hybridized carbons (Fsp3) is 1.00. The minimum Gasteiger partial charge on any atom is -0.726 e. The van der Waals surface area contributed by atoms with Crippen LogP contribution in [0.4, 0.5) is 0 Å². The Morgan fingerprint density at radius 3 is 0.917 bits per heavy atom. The van der Waals surface area contributed by atoms with E-state index in [9.17, 15) is 0 Å².